The average molecular weight is 532 g/mol. The number of amides is 2. The van der Waals surface area contributed by atoms with Crippen LogP contribution in [-0.2, 0) is 24.1 Å². The van der Waals surface area contributed by atoms with Gasteiger partial charge in [-0.2, -0.15) is 13.2 Å². The standard InChI is InChI=1S/C29H33F4N3O2/c1-3-5-6-15-36(27(37)21-34(4-2)28(38)23-11-8-13-25(30)18-23)20-26-14-9-16-35(26)19-22-10-7-12-24(17-22)29(31,32)33/h7-14,16-18H,3-6,15,19-21H2,1-2H3. The minimum Gasteiger partial charge on any atom is -0.345 e. The number of likely N-dealkylation sites (N-methyl/N-ethyl adjacent to an activating group) is 1. The molecule has 0 bridgehead atoms. The van der Waals surface area contributed by atoms with Crippen LogP contribution in [0.25, 0.3) is 0 Å². The molecule has 0 aliphatic heterocycles. The number of nitrogens with zero attached hydrogens (tertiary/aromatic N) is 3. The summed E-state index contributed by atoms with van der Waals surface area (Å²) in [5, 5.41) is 0. The Hall–Kier alpha value is -3.62. The van der Waals surface area contributed by atoms with Gasteiger partial charge in [-0.15, -0.1) is 0 Å². The molecule has 0 N–H and O–H groups in total. The van der Waals surface area contributed by atoms with Gasteiger partial charge in [-0.05, 0) is 61.4 Å². The minimum absolute atomic E-state index is 0.160. The third-order valence-corrected chi connectivity index (χ3v) is 6.33. The first-order valence-corrected chi connectivity index (χ1v) is 12.7. The Kier molecular flexibility index (Phi) is 10.1. The first-order valence-electron chi connectivity index (χ1n) is 12.7. The van der Waals surface area contributed by atoms with Crippen molar-refractivity contribution in [1.82, 2.24) is 14.4 Å². The topological polar surface area (TPSA) is 45.6 Å². The molecule has 1 heterocycles. The number of hydrogen-bond acceptors (Lipinski definition) is 2. The van der Waals surface area contributed by atoms with Crippen LogP contribution in [0.4, 0.5) is 17.6 Å². The molecule has 0 fully saturated rings. The zero-order chi connectivity index (χ0) is 27.7. The number of benzene rings is 2. The number of carbonyl (C=O) groups excluding carboxylic acids is 2. The normalized spacial score (nSPS) is 11.4. The van der Waals surface area contributed by atoms with Crippen molar-refractivity contribution in [3.05, 3.63) is 95.1 Å². The lowest BCUT2D eigenvalue weighted by molar-refractivity contribution is -0.137. The molecule has 0 aliphatic rings. The first-order chi connectivity index (χ1) is 18.1. The van der Waals surface area contributed by atoms with Crippen LogP contribution in [0.15, 0.2) is 66.9 Å². The van der Waals surface area contributed by atoms with Gasteiger partial charge in [0.25, 0.3) is 5.91 Å². The Balaban J connectivity index is 1.76. The van der Waals surface area contributed by atoms with Crippen LogP contribution in [0.2, 0.25) is 0 Å². The Bertz CT molecular complexity index is 1220. The van der Waals surface area contributed by atoms with Crippen LogP contribution in [0.5, 0.6) is 0 Å². The zero-order valence-electron chi connectivity index (χ0n) is 21.7. The first kappa shape index (κ1) is 28.9. The highest BCUT2D eigenvalue weighted by Crippen LogP contribution is 2.29. The lowest BCUT2D eigenvalue weighted by atomic mass is 10.1. The van der Waals surface area contributed by atoms with E-state index in [1.165, 1.54) is 29.2 Å². The predicted molar refractivity (Wildman–Crippen MR) is 138 cm³/mol. The largest absolute Gasteiger partial charge is 0.416 e. The van der Waals surface area contributed by atoms with Crippen molar-refractivity contribution in [2.45, 2.75) is 52.4 Å². The summed E-state index contributed by atoms with van der Waals surface area (Å²) in [6.45, 7) is 4.88. The molecule has 0 spiro atoms. The van der Waals surface area contributed by atoms with Gasteiger partial charge in [-0.3, -0.25) is 9.59 Å². The summed E-state index contributed by atoms with van der Waals surface area (Å²) in [5.74, 6) is -1.21. The summed E-state index contributed by atoms with van der Waals surface area (Å²) in [4.78, 5) is 29.4. The molecule has 0 unspecified atom stereocenters. The monoisotopic (exact) mass is 531 g/mol. The molecule has 0 saturated heterocycles. The third-order valence-electron chi connectivity index (χ3n) is 6.33. The summed E-state index contributed by atoms with van der Waals surface area (Å²) in [7, 11) is 0. The summed E-state index contributed by atoms with van der Waals surface area (Å²) >= 11 is 0. The van der Waals surface area contributed by atoms with Crippen LogP contribution in [0, 0.1) is 5.82 Å². The molecule has 204 valence electrons. The number of hydrogen-bond donors (Lipinski definition) is 0. The SMILES string of the molecule is CCCCCN(Cc1cccn1Cc1cccc(C(F)(F)F)c1)C(=O)CN(CC)C(=O)c1cccc(F)c1. The molecule has 3 rings (SSSR count). The zero-order valence-corrected chi connectivity index (χ0v) is 21.7. The fourth-order valence-corrected chi connectivity index (χ4v) is 4.22. The molecule has 2 aromatic carbocycles. The molecule has 2 amide bonds. The van der Waals surface area contributed by atoms with Gasteiger partial charge in [-0.25, -0.2) is 4.39 Å². The van der Waals surface area contributed by atoms with E-state index in [-0.39, 0.29) is 37.6 Å². The molecule has 3 aromatic rings. The summed E-state index contributed by atoms with van der Waals surface area (Å²) in [5.41, 5.74) is 0.737. The van der Waals surface area contributed by atoms with Crippen molar-refractivity contribution < 1.29 is 27.2 Å². The van der Waals surface area contributed by atoms with Crippen LogP contribution in [0.1, 0.15) is 60.3 Å². The van der Waals surface area contributed by atoms with Gasteiger partial charge >= 0.3 is 6.18 Å². The fraction of sp³-hybridized carbons (Fsp3) is 0.379. The van der Waals surface area contributed by atoms with Gasteiger partial charge in [0.2, 0.25) is 5.91 Å². The van der Waals surface area contributed by atoms with Gasteiger partial charge < -0.3 is 14.4 Å². The Morgan fingerprint density at radius 1 is 0.921 bits per heavy atom. The maximum atomic E-state index is 13.6. The van der Waals surface area contributed by atoms with Crippen LogP contribution in [0.3, 0.4) is 0 Å². The second-order valence-corrected chi connectivity index (χ2v) is 9.18. The number of carbonyl (C=O) groups is 2. The number of rotatable bonds is 12. The van der Waals surface area contributed by atoms with Gasteiger partial charge in [0.15, 0.2) is 0 Å². The molecule has 1 aromatic heterocycles. The smallest absolute Gasteiger partial charge is 0.345 e. The lowest BCUT2D eigenvalue weighted by Crippen LogP contribution is -2.43. The van der Waals surface area contributed by atoms with Gasteiger partial charge in [0, 0.05) is 37.1 Å². The maximum absolute atomic E-state index is 13.6. The van der Waals surface area contributed by atoms with Gasteiger partial charge in [-0.1, -0.05) is 38.0 Å². The molecule has 38 heavy (non-hydrogen) atoms. The Labute approximate surface area is 220 Å². The predicted octanol–water partition coefficient (Wildman–Crippen LogP) is 6.38. The average Bonchev–Trinajstić information content (AvgIpc) is 3.32. The van der Waals surface area contributed by atoms with Crippen molar-refractivity contribution >= 4 is 11.8 Å². The second-order valence-electron chi connectivity index (χ2n) is 9.18. The highest BCUT2D eigenvalue weighted by Gasteiger charge is 2.30. The van der Waals surface area contributed by atoms with E-state index in [1.54, 1.807) is 30.2 Å². The number of halogens is 4. The number of alkyl halides is 3. The van der Waals surface area contributed by atoms with Crippen LogP contribution < -0.4 is 0 Å². The molecule has 0 radical (unpaired) electrons. The highest BCUT2D eigenvalue weighted by molar-refractivity contribution is 5.96. The van der Waals surface area contributed by atoms with Crippen molar-refractivity contribution in [3.63, 3.8) is 0 Å². The molecule has 9 heteroatoms. The summed E-state index contributed by atoms with van der Waals surface area (Å²) in [6.07, 6.45) is 0.0185. The van der Waals surface area contributed by atoms with Crippen LogP contribution in [-0.4, -0.2) is 45.8 Å². The van der Waals surface area contributed by atoms with Gasteiger partial charge in [0.05, 0.1) is 12.1 Å². The van der Waals surface area contributed by atoms with E-state index in [2.05, 4.69) is 6.92 Å². The van der Waals surface area contributed by atoms with Crippen LogP contribution >= 0.6 is 0 Å². The third kappa shape index (κ3) is 7.94. The van der Waals surface area contributed by atoms with E-state index in [0.717, 1.165) is 43.2 Å². The van der Waals surface area contributed by atoms with Crippen molar-refractivity contribution in [1.29, 1.82) is 0 Å². The summed E-state index contributed by atoms with van der Waals surface area (Å²) in [6, 6.07) is 14.2. The quantitative estimate of drug-likeness (QED) is 0.201. The van der Waals surface area contributed by atoms with Crippen molar-refractivity contribution in [2.24, 2.45) is 0 Å². The molecular weight excluding hydrogens is 498 g/mol. The van der Waals surface area contributed by atoms with Gasteiger partial charge in [0.1, 0.15) is 12.4 Å². The summed E-state index contributed by atoms with van der Waals surface area (Å²) < 4.78 is 54.9. The molecular formula is C29H33F4N3O2. The number of aromatic nitrogens is 1. The Morgan fingerprint density at radius 2 is 1.68 bits per heavy atom. The van der Waals surface area contributed by atoms with E-state index < -0.39 is 23.5 Å². The minimum atomic E-state index is -4.42. The van der Waals surface area contributed by atoms with E-state index in [4.69, 9.17) is 0 Å². The lowest BCUT2D eigenvalue weighted by Gasteiger charge is -2.28. The molecule has 5 nitrogen and oxygen atoms in total. The van der Waals surface area contributed by atoms with E-state index in [9.17, 15) is 27.2 Å². The fourth-order valence-electron chi connectivity index (χ4n) is 4.22. The van der Waals surface area contributed by atoms with E-state index in [1.807, 2.05) is 10.6 Å². The Morgan fingerprint density at radius 3 is 2.37 bits per heavy atom. The second kappa shape index (κ2) is 13.3. The number of unbranched alkanes of at least 4 members (excludes halogenated alkanes) is 2. The van der Waals surface area contributed by atoms with E-state index in [0.29, 0.717) is 12.1 Å². The molecule has 0 atom stereocenters. The van der Waals surface area contributed by atoms with Crippen molar-refractivity contribution in [3.8, 4) is 0 Å². The molecule has 0 saturated carbocycles. The van der Waals surface area contributed by atoms with E-state index >= 15 is 0 Å². The molecule has 0 aliphatic carbocycles. The highest BCUT2D eigenvalue weighted by atomic mass is 19.4. The van der Waals surface area contributed by atoms with Crippen molar-refractivity contribution in [2.75, 3.05) is 19.6 Å². The maximum Gasteiger partial charge on any atom is 0.416 e.